The standard InChI is InChI=1S/C20H23ClN2O2/c1-14-7-4-5-8-17(14)13-20(25)22-11-12-23(16(3)24)19-10-6-9-18(21)15(19)2/h4-10H,11-13H2,1-3H3,(H,22,25). The van der Waals surface area contributed by atoms with Crippen LogP contribution in [-0.4, -0.2) is 24.9 Å². The second kappa shape index (κ2) is 8.67. The van der Waals surface area contributed by atoms with E-state index in [2.05, 4.69) is 5.32 Å². The number of rotatable bonds is 6. The van der Waals surface area contributed by atoms with Crippen molar-refractivity contribution in [2.75, 3.05) is 18.0 Å². The van der Waals surface area contributed by atoms with Gasteiger partial charge in [-0.05, 0) is 42.7 Å². The summed E-state index contributed by atoms with van der Waals surface area (Å²) in [6.45, 7) is 6.16. The molecule has 0 aromatic heterocycles. The van der Waals surface area contributed by atoms with Gasteiger partial charge in [0.2, 0.25) is 11.8 Å². The first-order valence-corrected chi connectivity index (χ1v) is 8.62. The van der Waals surface area contributed by atoms with Gasteiger partial charge in [-0.25, -0.2) is 0 Å². The average Bonchev–Trinajstić information content (AvgIpc) is 2.56. The lowest BCUT2D eigenvalue weighted by Crippen LogP contribution is -2.38. The SMILES string of the molecule is CC(=O)N(CCNC(=O)Cc1ccccc1C)c1cccc(Cl)c1C. The van der Waals surface area contributed by atoms with Gasteiger partial charge in [-0.3, -0.25) is 9.59 Å². The molecule has 2 rings (SSSR count). The largest absolute Gasteiger partial charge is 0.354 e. The van der Waals surface area contributed by atoms with Gasteiger partial charge < -0.3 is 10.2 Å². The minimum Gasteiger partial charge on any atom is -0.354 e. The van der Waals surface area contributed by atoms with Gasteiger partial charge in [0.15, 0.2) is 0 Å². The number of carbonyl (C=O) groups excluding carboxylic acids is 2. The molecular formula is C20H23ClN2O2. The molecular weight excluding hydrogens is 336 g/mol. The zero-order valence-electron chi connectivity index (χ0n) is 14.8. The van der Waals surface area contributed by atoms with E-state index in [0.29, 0.717) is 24.5 Å². The van der Waals surface area contributed by atoms with Crippen LogP contribution < -0.4 is 10.2 Å². The van der Waals surface area contributed by atoms with E-state index in [1.807, 2.05) is 50.2 Å². The molecule has 2 amide bonds. The Kier molecular flexibility index (Phi) is 6.59. The minimum absolute atomic E-state index is 0.0550. The normalized spacial score (nSPS) is 10.4. The number of anilines is 1. The third-order valence-electron chi connectivity index (χ3n) is 4.18. The lowest BCUT2D eigenvalue weighted by atomic mass is 10.1. The Morgan fingerprint density at radius 2 is 1.80 bits per heavy atom. The molecule has 0 aliphatic rings. The maximum atomic E-state index is 12.1. The van der Waals surface area contributed by atoms with Crippen molar-refractivity contribution >= 4 is 29.1 Å². The number of hydrogen-bond donors (Lipinski definition) is 1. The maximum absolute atomic E-state index is 12.1. The van der Waals surface area contributed by atoms with Crippen molar-refractivity contribution in [2.24, 2.45) is 0 Å². The highest BCUT2D eigenvalue weighted by Gasteiger charge is 2.15. The highest BCUT2D eigenvalue weighted by Crippen LogP contribution is 2.26. The zero-order valence-corrected chi connectivity index (χ0v) is 15.6. The second-order valence-corrected chi connectivity index (χ2v) is 6.42. The number of hydrogen-bond acceptors (Lipinski definition) is 2. The van der Waals surface area contributed by atoms with Crippen LogP contribution in [0.4, 0.5) is 5.69 Å². The van der Waals surface area contributed by atoms with Gasteiger partial charge in [-0.1, -0.05) is 41.9 Å². The van der Waals surface area contributed by atoms with Crippen LogP contribution in [0, 0.1) is 13.8 Å². The summed E-state index contributed by atoms with van der Waals surface area (Å²) >= 11 is 6.14. The predicted molar refractivity (Wildman–Crippen MR) is 102 cm³/mol. The number of carbonyl (C=O) groups is 2. The van der Waals surface area contributed by atoms with Crippen molar-refractivity contribution < 1.29 is 9.59 Å². The molecule has 2 aromatic carbocycles. The average molecular weight is 359 g/mol. The fourth-order valence-electron chi connectivity index (χ4n) is 2.69. The highest BCUT2D eigenvalue weighted by molar-refractivity contribution is 6.31. The van der Waals surface area contributed by atoms with E-state index in [1.165, 1.54) is 6.92 Å². The van der Waals surface area contributed by atoms with Gasteiger partial charge in [0, 0.05) is 30.7 Å². The molecule has 0 aliphatic heterocycles. The Morgan fingerprint density at radius 1 is 1.08 bits per heavy atom. The topological polar surface area (TPSA) is 49.4 Å². The van der Waals surface area contributed by atoms with Crippen LogP contribution in [0.25, 0.3) is 0 Å². The Labute approximate surface area is 153 Å². The molecule has 4 nitrogen and oxygen atoms in total. The summed E-state index contributed by atoms with van der Waals surface area (Å²) in [6, 6.07) is 13.3. The number of halogens is 1. The summed E-state index contributed by atoms with van der Waals surface area (Å²) in [6.07, 6.45) is 0.336. The summed E-state index contributed by atoms with van der Waals surface area (Å²) < 4.78 is 0. The van der Waals surface area contributed by atoms with Crippen molar-refractivity contribution in [1.82, 2.24) is 5.32 Å². The Bertz CT molecular complexity index is 774. The molecule has 0 saturated heterocycles. The molecule has 132 valence electrons. The first-order valence-electron chi connectivity index (χ1n) is 8.24. The van der Waals surface area contributed by atoms with Gasteiger partial charge in [0.1, 0.15) is 0 Å². The number of nitrogens with zero attached hydrogens (tertiary/aromatic N) is 1. The van der Waals surface area contributed by atoms with Crippen LogP contribution in [-0.2, 0) is 16.0 Å². The molecule has 0 atom stereocenters. The molecule has 0 bridgehead atoms. The van der Waals surface area contributed by atoms with Gasteiger partial charge in [-0.2, -0.15) is 0 Å². The van der Waals surface area contributed by atoms with E-state index < -0.39 is 0 Å². The van der Waals surface area contributed by atoms with E-state index in [4.69, 9.17) is 11.6 Å². The van der Waals surface area contributed by atoms with Gasteiger partial charge in [0.05, 0.1) is 6.42 Å². The molecule has 5 heteroatoms. The molecule has 1 N–H and O–H groups in total. The number of amides is 2. The van der Waals surface area contributed by atoms with Gasteiger partial charge in [0.25, 0.3) is 0 Å². The van der Waals surface area contributed by atoms with Crippen LogP contribution in [0.1, 0.15) is 23.6 Å². The molecule has 0 spiro atoms. The predicted octanol–water partition coefficient (Wildman–Crippen LogP) is 3.67. The highest BCUT2D eigenvalue weighted by atomic mass is 35.5. The van der Waals surface area contributed by atoms with Gasteiger partial charge in [-0.15, -0.1) is 0 Å². The van der Waals surface area contributed by atoms with Crippen LogP contribution in [0.5, 0.6) is 0 Å². The van der Waals surface area contributed by atoms with E-state index in [9.17, 15) is 9.59 Å². The molecule has 0 saturated carbocycles. The Morgan fingerprint density at radius 3 is 2.48 bits per heavy atom. The van der Waals surface area contributed by atoms with E-state index in [1.54, 1.807) is 11.0 Å². The molecule has 25 heavy (non-hydrogen) atoms. The Balaban J connectivity index is 1.96. The molecule has 0 fully saturated rings. The first-order chi connectivity index (χ1) is 11.9. The Hall–Kier alpha value is -2.33. The smallest absolute Gasteiger partial charge is 0.224 e. The lowest BCUT2D eigenvalue weighted by Gasteiger charge is -2.23. The monoisotopic (exact) mass is 358 g/mol. The fraction of sp³-hybridized carbons (Fsp3) is 0.300. The van der Waals surface area contributed by atoms with Crippen LogP contribution in [0.2, 0.25) is 5.02 Å². The lowest BCUT2D eigenvalue weighted by molar-refractivity contribution is -0.121. The number of aryl methyl sites for hydroxylation is 1. The quantitative estimate of drug-likeness (QED) is 0.856. The number of benzene rings is 2. The second-order valence-electron chi connectivity index (χ2n) is 6.01. The van der Waals surface area contributed by atoms with Gasteiger partial charge >= 0.3 is 0 Å². The summed E-state index contributed by atoms with van der Waals surface area (Å²) in [5.74, 6) is -0.140. The maximum Gasteiger partial charge on any atom is 0.224 e. The van der Waals surface area contributed by atoms with Crippen molar-refractivity contribution in [2.45, 2.75) is 27.2 Å². The third-order valence-corrected chi connectivity index (χ3v) is 4.59. The van der Waals surface area contributed by atoms with E-state index in [0.717, 1.165) is 22.4 Å². The van der Waals surface area contributed by atoms with Crippen LogP contribution >= 0.6 is 11.6 Å². The molecule has 0 unspecified atom stereocenters. The van der Waals surface area contributed by atoms with Crippen molar-refractivity contribution in [3.63, 3.8) is 0 Å². The van der Waals surface area contributed by atoms with Crippen LogP contribution in [0.15, 0.2) is 42.5 Å². The summed E-state index contributed by atoms with van der Waals surface area (Å²) in [5.41, 5.74) is 3.73. The fourth-order valence-corrected chi connectivity index (χ4v) is 2.86. The van der Waals surface area contributed by atoms with E-state index >= 15 is 0 Å². The summed E-state index contributed by atoms with van der Waals surface area (Å²) in [5, 5.41) is 3.50. The molecule has 0 aliphatic carbocycles. The summed E-state index contributed by atoms with van der Waals surface area (Å²) in [4.78, 5) is 25.8. The minimum atomic E-state index is -0.0847. The van der Waals surface area contributed by atoms with E-state index in [-0.39, 0.29) is 11.8 Å². The van der Waals surface area contributed by atoms with Crippen molar-refractivity contribution in [3.05, 3.63) is 64.2 Å². The molecule has 0 heterocycles. The molecule has 0 radical (unpaired) electrons. The number of nitrogens with one attached hydrogen (secondary N) is 1. The molecule has 2 aromatic rings. The van der Waals surface area contributed by atoms with Crippen molar-refractivity contribution in [3.8, 4) is 0 Å². The van der Waals surface area contributed by atoms with Crippen molar-refractivity contribution in [1.29, 1.82) is 0 Å². The van der Waals surface area contributed by atoms with Crippen LogP contribution in [0.3, 0.4) is 0 Å². The zero-order chi connectivity index (χ0) is 18.4. The third kappa shape index (κ3) is 5.07. The summed E-state index contributed by atoms with van der Waals surface area (Å²) in [7, 11) is 0. The first kappa shape index (κ1) is 19.0.